The number of esters is 1. The molecule has 3 aromatic rings. The van der Waals surface area contributed by atoms with Crippen molar-refractivity contribution in [1.29, 1.82) is 0 Å². The number of benzene rings is 3. The molecule has 2 amide bonds. The number of carbonyl (C=O) groups is 4. The van der Waals surface area contributed by atoms with Crippen LogP contribution in [-0.2, 0) is 30.5 Å². The van der Waals surface area contributed by atoms with E-state index in [1.165, 1.54) is 0 Å². The molecule has 0 bridgehead atoms. The highest BCUT2D eigenvalue weighted by Gasteiger charge is 2.33. The molecule has 2 aliphatic carbocycles. The van der Waals surface area contributed by atoms with Crippen molar-refractivity contribution in [3.63, 3.8) is 0 Å². The molecule has 218 valence electrons. The maximum absolute atomic E-state index is 13.3. The van der Waals surface area contributed by atoms with Crippen molar-refractivity contribution in [2.24, 2.45) is 5.92 Å². The van der Waals surface area contributed by atoms with E-state index in [-0.39, 0.29) is 31.6 Å². The monoisotopic (exact) mass is 570 g/mol. The molecule has 0 aliphatic heterocycles. The van der Waals surface area contributed by atoms with Crippen molar-refractivity contribution in [1.82, 2.24) is 10.6 Å². The Balaban J connectivity index is 1.23. The van der Waals surface area contributed by atoms with Crippen LogP contribution in [0.15, 0.2) is 78.9 Å². The minimum atomic E-state index is -1.26. The molecule has 0 saturated heterocycles. The highest BCUT2D eigenvalue weighted by molar-refractivity contribution is 5.90. The van der Waals surface area contributed by atoms with Crippen LogP contribution in [0.5, 0.6) is 0 Å². The Bertz CT molecular complexity index is 1400. The zero-order valence-corrected chi connectivity index (χ0v) is 23.2. The number of rotatable bonds is 10. The Morgan fingerprint density at radius 1 is 0.833 bits per heavy atom. The molecule has 0 radical (unpaired) electrons. The quantitative estimate of drug-likeness (QED) is 0.299. The number of alkyl carbamates (subject to hydrolysis) is 1. The lowest BCUT2D eigenvalue weighted by molar-refractivity contribution is -0.147. The first-order valence-electron chi connectivity index (χ1n) is 14.2. The predicted octanol–water partition coefficient (Wildman–Crippen LogP) is 4.79. The van der Waals surface area contributed by atoms with Gasteiger partial charge in [0.25, 0.3) is 0 Å². The molecule has 3 aromatic carbocycles. The fraction of sp³-hybridized carbons (Fsp3) is 0.333. The minimum Gasteiger partial charge on any atom is -0.481 e. The van der Waals surface area contributed by atoms with Crippen LogP contribution in [0.4, 0.5) is 4.79 Å². The Labute approximate surface area is 244 Å². The maximum Gasteiger partial charge on any atom is 0.407 e. The summed E-state index contributed by atoms with van der Waals surface area (Å²) in [5.74, 6) is -2.86. The third-order valence-corrected chi connectivity index (χ3v) is 7.94. The Morgan fingerprint density at radius 2 is 1.48 bits per heavy atom. The number of carboxylic acids is 1. The van der Waals surface area contributed by atoms with Gasteiger partial charge < -0.3 is 25.2 Å². The fourth-order valence-electron chi connectivity index (χ4n) is 5.80. The number of hydrogen-bond donors (Lipinski definition) is 3. The number of nitrogens with one attached hydrogen (secondary N) is 2. The lowest BCUT2D eigenvalue weighted by Gasteiger charge is -2.29. The predicted molar refractivity (Wildman–Crippen MR) is 154 cm³/mol. The first-order valence-corrected chi connectivity index (χ1v) is 14.2. The SMILES string of the molecule is O=C(C[C@H](NC(=O)OCC1c2ccccc2-c2ccccc21)C(=O)N[C@H]1CCC[C@@H](C(=O)O)C1)OCc1ccccc1. The van der Waals surface area contributed by atoms with E-state index in [9.17, 15) is 24.3 Å². The second kappa shape index (κ2) is 13.3. The summed E-state index contributed by atoms with van der Waals surface area (Å²) in [7, 11) is 0. The van der Waals surface area contributed by atoms with Gasteiger partial charge in [-0.05, 0) is 47.1 Å². The summed E-state index contributed by atoms with van der Waals surface area (Å²) in [6, 6.07) is 23.4. The molecule has 3 N–H and O–H groups in total. The van der Waals surface area contributed by atoms with Gasteiger partial charge in [-0.25, -0.2) is 4.79 Å². The van der Waals surface area contributed by atoms with Crippen molar-refractivity contribution in [2.75, 3.05) is 6.61 Å². The molecule has 0 unspecified atom stereocenters. The van der Waals surface area contributed by atoms with Gasteiger partial charge in [-0.15, -0.1) is 0 Å². The molecule has 0 heterocycles. The van der Waals surface area contributed by atoms with Crippen LogP contribution in [-0.4, -0.2) is 47.7 Å². The third-order valence-electron chi connectivity index (χ3n) is 7.94. The summed E-state index contributed by atoms with van der Waals surface area (Å²) < 4.78 is 11.0. The van der Waals surface area contributed by atoms with Gasteiger partial charge in [0.1, 0.15) is 19.3 Å². The molecule has 42 heavy (non-hydrogen) atoms. The number of fused-ring (bicyclic) bond motifs is 3. The van der Waals surface area contributed by atoms with Crippen molar-refractivity contribution >= 4 is 23.9 Å². The van der Waals surface area contributed by atoms with Crippen molar-refractivity contribution in [3.05, 3.63) is 95.6 Å². The van der Waals surface area contributed by atoms with Gasteiger partial charge in [0.15, 0.2) is 0 Å². The Morgan fingerprint density at radius 3 is 2.14 bits per heavy atom. The van der Waals surface area contributed by atoms with Crippen LogP contribution in [0.2, 0.25) is 0 Å². The fourth-order valence-corrected chi connectivity index (χ4v) is 5.80. The van der Waals surface area contributed by atoms with E-state index in [4.69, 9.17) is 9.47 Å². The van der Waals surface area contributed by atoms with Crippen LogP contribution in [0.1, 0.15) is 54.7 Å². The molecular formula is C33H34N2O7. The average molecular weight is 571 g/mol. The van der Waals surface area contributed by atoms with Gasteiger partial charge in [0, 0.05) is 12.0 Å². The van der Waals surface area contributed by atoms with E-state index in [1.807, 2.05) is 78.9 Å². The van der Waals surface area contributed by atoms with Gasteiger partial charge in [-0.2, -0.15) is 0 Å². The van der Waals surface area contributed by atoms with Gasteiger partial charge >= 0.3 is 18.0 Å². The van der Waals surface area contributed by atoms with E-state index in [0.29, 0.717) is 19.3 Å². The van der Waals surface area contributed by atoms with E-state index < -0.39 is 42.3 Å². The second-order valence-electron chi connectivity index (χ2n) is 10.8. The number of hydrogen-bond acceptors (Lipinski definition) is 6. The molecule has 2 aliphatic rings. The molecule has 1 saturated carbocycles. The highest BCUT2D eigenvalue weighted by atomic mass is 16.5. The number of carbonyl (C=O) groups excluding carboxylic acids is 3. The first-order chi connectivity index (χ1) is 20.4. The number of aliphatic carboxylic acids is 1. The maximum atomic E-state index is 13.3. The Hall–Kier alpha value is -4.66. The van der Waals surface area contributed by atoms with E-state index in [2.05, 4.69) is 10.6 Å². The second-order valence-corrected chi connectivity index (χ2v) is 10.8. The summed E-state index contributed by atoms with van der Waals surface area (Å²) in [6.07, 6.45) is 0.876. The average Bonchev–Trinajstić information content (AvgIpc) is 3.33. The lowest BCUT2D eigenvalue weighted by atomic mass is 9.85. The van der Waals surface area contributed by atoms with Crippen LogP contribution in [0.25, 0.3) is 11.1 Å². The minimum absolute atomic E-state index is 0.0296. The van der Waals surface area contributed by atoms with Crippen LogP contribution in [0.3, 0.4) is 0 Å². The summed E-state index contributed by atoms with van der Waals surface area (Å²) >= 11 is 0. The van der Waals surface area contributed by atoms with E-state index in [1.54, 1.807) is 0 Å². The molecule has 5 rings (SSSR count). The standard InChI is InChI=1S/C33H34N2O7/c36-30(41-19-21-9-2-1-3-10-21)18-29(31(37)34-23-12-8-11-22(17-23)32(38)39)35-33(40)42-20-28-26-15-6-4-13-24(26)25-14-5-7-16-27(25)28/h1-7,9-10,13-16,22-23,28-29H,8,11-12,17-20H2,(H,34,37)(H,35,40)(H,38,39)/t22-,23+,29+/m1/s1. The van der Waals surface area contributed by atoms with Crippen LogP contribution >= 0.6 is 0 Å². The van der Waals surface area contributed by atoms with Crippen LogP contribution in [0, 0.1) is 5.92 Å². The molecule has 9 nitrogen and oxygen atoms in total. The largest absolute Gasteiger partial charge is 0.481 e. The number of carboxylic acid groups (broad SMARTS) is 1. The van der Waals surface area contributed by atoms with Crippen molar-refractivity contribution in [3.8, 4) is 11.1 Å². The topological polar surface area (TPSA) is 131 Å². The van der Waals surface area contributed by atoms with Crippen molar-refractivity contribution in [2.45, 2.75) is 56.7 Å². The first kappa shape index (κ1) is 28.9. The lowest BCUT2D eigenvalue weighted by Crippen LogP contribution is -2.51. The zero-order chi connectivity index (χ0) is 29.5. The van der Waals surface area contributed by atoms with Gasteiger partial charge in [0.05, 0.1) is 12.3 Å². The molecule has 1 fully saturated rings. The molecule has 0 aromatic heterocycles. The van der Waals surface area contributed by atoms with Crippen LogP contribution < -0.4 is 10.6 Å². The third kappa shape index (κ3) is 6.97. The van der Waals surface area contributed by atoms with Gasteiger partial charge in [0.2, 0.25) is 5.91 Å². The normalized spacial score (nSPS) is 18.2. The summed E-state index contributed by atoms with van der Waals surface area (Å²) in [4.78, 5) is 50.5. The molecular weight excluding hydrogens is 536 g/mol. The zero-order valence-electron chi connectivity index (χ0n) is 23.2. The summed E-state index contributed by atoms with van der Waals surface area (Å²) in [6.45, 7) is 0.0808. The van der Waals surface area contributed by atoms with E-state index >= 15 is 0 Å². The molecule has 3 atom stereocenters. The smallest absolute Gasteiger partial charge is 0.407 e. The van der Waals surface area contributed by atoms with E-state index in [0.717, 1.165) is 27.8 Å². The van der Waals surface area contributed by atoms with Gasteiger partial charge in [-0.3, -0.25) is 14.4 Å². The summed E-state index contributed by atoms with van der Waals surface area (Å²) in [5.41, 5.74) is 5.07. The Kier molecular flexibility index (Phi) is 9.16. The van der Waals surface area contributed by atoms with Gasteiger partial charge in [-0.1, -0.05) is 85.3 Å². The number of ether oxygens (including phenoxy) is 2. The number of amides is 2. The molecule has 0 spiro atoms. The molecule has 9 heteroatoms. The van der Waals surface area contributed by atoms with Crippen molar-refractivity contribution < 1.29 is 33.8 Å². The highest BCUT2D eigenvalue weighted by Crippen LogP contribution is 2.44. The summed E-state index contributed by atoms with van der Waals surface area (Å²) in [5, 5.41) is 14.8.